The summed E-state index contributed by atoms with van der Waals surface area (Å²) >= 11 is 0. The Morgan fingerprint density at radius 1 is 1.09 bits per heavy atom. The zero-order valence-corrected chi connectivity index (χ0v) is 15.2. The Labute approximate surface area is 140 Å². The van der Waals surface area contributed by atoms with Crippen molar-refractivity contribution in [2.75, 3.05) is 7.05 Å². The third-order valence-corrected chi connectivity index (χ3v) is 9.06. The van der Waals surface area contributed by atoms with Crippen LogP contribution >= 0.6 is 0 Å². The van der Waals surface area contributed by atoms with Crippen LogP contribution in [0.15, 0.2) is 0 Å². The lowest BCUT2D eigenvalue weighted by Crippen LogP contribution is -2.64. The summed E-state index contributed by atoms with van der Waals surface area (Å²) in [7, 11) is 1.96. The Morgan fingerprint density at radius 3 is 2.52 bits per heavy atom. The van der Waals surface area contributed by atoms with Crippen LogP contribution in [0.1, 0.15) is 65.7 Å². The van der Waals surface area contributed by atoms with Crippen molar-refractivity contribution in [1.29, 1.82) is 0 Å². The van der Waals surface area contributed by atoms with Gasteiger partial charge < -0.3 is 10.0 Å². The summed E-state index contributed by atoms with van der Waals surface area (Å²) in [5.74, 6) is 2.80. The normalized spacial score (nSPS) is 56.0. The lowest BCUT2D eigenvalue weighted by atomic mass is 9.46. The molecule has 1 aliphatic heterocycles. The second-order valence-corrected chi connectivity index (χ2v) is 9.64. The van der Waals surface area contributed by atoms with Gasteiger partial charge in [-0.2, -0.15) is 0 Å². The van der Waals surface area contributed by atoms with Crippen molar-refractivity contribution in [3.05, 3.63) is 0 Å². The molecule has 1 amide bonds. The molecule has 1 saturated heterocycles. The molecule has 0 aromatic rings. The smallest absolute Gasteiger partial charge is 0.222 e. The number of hydrogen-bond donors (Lipinski definition) is 1. The SMILES string of the molecule is CC1CC[C@H]2[C@@H]3C(O)CC4N(C)C(=O)CC[C@]4(C)[C@@H]3CC[C@]12C. The van der Waals surface area contributed by atoms with Gasteiger partial charge in [-0.15, -0.1) is 0 Å². The molecule has 3 aliphatic carbocycles. The zero-order chi connectivity index (χ0) is 16.6. The Bertz CT molecular complexity index is 520. The first-order valence-electron chi connectivity index (χ1n) is 9.73. The molecule has 3 heteroatoms. The Hall–Kier alpha value is -0.570. The molecule has 130 valence electrons. The van der Waals surface area contributed by atoms with Crippen molar-refractivity contribution >= 4 is 5.91 Å². The molecule has 8 atom stereocenters. The molecular formula is C20H33NO2. The maximum atomic E-state index is 12.2. The average Bonchev–Trinajstić information content (AvgIpc) is 2.82. The third-order valence-electron chi connectivity index (χ3n) is 9.06. The number of amides is 1. The standard InChI is InChI=1S/C20H33NO2/c1-12-5-6-13-18-14(7-9-19(12,13)2)20(3)10-8-17(23)21(4)16(20)11-15(18)22/h12-16,18,22H,5-11H2,1-4H3/t12?,13-,14+,15?,16?,18-,19+,20+/m0/s1. The lowest BCUT2D eigenvalue weighted by Gasteiger charge is -2.63. The van der Waals surface area contributed by atoms with E-state index >= 15 is 0 Å². The first kappa shape index (κ1) is 15.9. The van der Waals surface area contributed by atoms with Gasteiger partial charge in [0.1, 0.15) is 0 Å². The minimum absolute atomic E-state index is 0.208. The highest BCUT2D eigenvalue weighted by atomic mass is 16.3. The fourth-order valence-corrected chi connectivity index (χ4v) is 7.34. The number of nitrogens with zero attached hydrogens (tertiary/aromatic N) is 1. The van der Waals surface area contributed by atoms with Gasteiger partial charge >= 0.3 is 0 Å². The number of aliphatic hydroxyl groups excluding tert-OH is 1. The van der Waals surface area contributed by atoms with E-state index in [2.05, 4.69) is 20.8 Å². The summed E-state index contributed by atoms with van der Waals surface area (Å²) in [5.41, 5.74) is 0.640. The summed E-state index contributed by atoms with van der Waals surface area (Å²) in [6, 6.07) is 0.239. The molecule has 0 aromatic heterocycles. The van der Waals surface area contributed by atoms with Crippen LogP contribution in [0.3, 0.4) is 0 Å². The molecule has 3 unspecified atom stereocenters. The summed E-state index contributed by atoms with van der Waals surface area (Å²) in [6.45, 7) is 7.33. The molecule has 4 aliphatic rings. The molecule has 4 rings (SSSR count). The van der Waals surface area contributed by atoms with Crippen LogP contribution < -0.4 is 0 Å². The van der Waals surface area contributed by atoms with Gasteiger partial charge in [-0.25, -0.2) is 0 Å². The van der Waals surface area contributed by atoms with Gasteiger partial charge in [-0.3, -0.25) is 4.79 Å². The van der Waals surface area contributed by atoms with Crippen LogP contribution in [-0.2, 0) is 4.79 Å². The van der Waals surface area contributed by atoms with E-state index in [0.717, 1.165) is 18.8 Å². The van der Waals surface area contributed by atoms with E-state index in [9.17, 15) is 9.90 Å². The van der Waals surface area contributed by atoms with E-state index in [0.29, 0.717) is 29.6 Å². The van der Waals surface area contributed by atoms with Crippen LogP contribution in [0.5, 0.6) is 0 Å². The maximum absolute atomic E-state index is 12.2. The Balaban J connectivity index is 1.70. The van der Waals surface area contributed by atoms with Crippen molar-refractivity contribution < 1.29 is 9.90 Å². The molecule has 0 aromatic carbocycles. The van der Waals surface area contributed by atoms with E-state index < -0.39 is 0 Å². The fraction of sp³-hybridized carbons (Fsp3) is 0.950. The lowest BCUT2D eigenvalue weighted by molar-refractivity contribution is -0.179. The van der Waals surface area contributed by atoms with Gasteiger partial charge in [0, 0.05) is 19.5 Å². The monoisotopic (exact) mass is 319 g/mol. The van der Waals surface area contributed by atoms with Crippen molar-refractivity contribution in [2.24, 2.45) is 34.5 Å². The molecule has 1 N–H and O–H groups in total. The number of carbonyl (C=O) groups is 1. The minimum atomic E-state index is -0.221. The fourth-order valence-electron chi connectivity index (χ4n) is 7.34. The predicted octanol–water partition coefficient (Wildman–Crippen LogP) is 3.46. The maximum Gasteiger partial charge on any atom is 0.222 e. The highest BCUT2D eigenvalue weighted by Crippen LogP contribution is 2.65. The Kier molecular flexibility index (Phi) is 3.44. The molecule has 0 spiro atoms. The number of rotatable bonds is 0. The van der Waals surface area contributed by atoms with Crippen LogP contribution in [-0.4, -0.2) is 35.1 Å². The van der Waals surface area contributed by atoms with Crippen LogP contribution in [0.2, 0.25) is 0 Å². The van der Waals surface area contributed by atoms with E-state index in [4.69, 9.17) is 0 Å². The summed E-state index contributed by atoms with van der Waals surface area (Å²) in [4.78, 5) is 14.1. The minimum Gasteiger partial charge on any atom is -0.393 e. The molecule has 0 radical (unpaired) electrons. The van der Waals surface area contributed by atoms with E-state index in [1.54, 1.807) is 0 Å². The van der Waals surface area contributed by atoms with E-state index in [1.807, 2.05) is 11.9 Å². The van der Waals surface area contributed by atoms with Crippen molar-refractivity contribution in [2.45, 2.75) is 77.9 Å². The van der Waals surface area contributed by atoms with Gasteiger partial charge in [-0.05, 0) is 73.0 Å². The summed E-state index contributed by atoms with van der Waals surface area (Å²) < 4.78 is 0. The van der Waals surface area contributed by atoms with E-state index in [-0.39, 0.29) is 23.5 Å². The second kappa shape index (κ2) is 4.97. The van der Waals surface area contributed by atoms with Crippen LogP contribution in [0.25, 0.3) is 0 Å². The average molecular weight is 319 g/mol. The molecule has 3 saturated carbocycles. The number of likely N-dealkylation sites (tertiary alicyclic amines) is 1. The molecule has 1 heterocycles. The summed E-state index contributed by atoms with van der Waals surface area (Å²) in [6.07, 6.45) is 7.47. The molecular weight excluding hydrogens is 286 g/mol. The van der Waals surface area contributed by atoms with Gasteiger partial charge in [0.05, 0.1) is 6.10 Å². The van der Waals surface area contributed by atoms with Crippen molar-refractivity contribution in [1.82, 2.24) is 4.90 Å². The van der Waals surface area contributed by atoms with Crippen molar-refractivity contribution in [3.8, 4) is 0 Å². The topological polar surface area (TPSA) is 40.5 Å². The number of fused-ring (bicyclic) bond motifs is 5. The number of hydrogen-bond acceptors (Lipinski definition) is 2. The highest BCUT2D eigenvalue weighted by molar-refractivity contribution is 5.77. The molecule has 3 nitrogen and oxygen atoms in total. The van der Waals surface area contributed by atoms with Crippen molar-refractivity contribution in [3.63, 3.8) is 0 Å². The van der Waals surface area contributed by atoms with Gasteiger partial charge in [0.15, 0.2) is 0 Å². The quantitative estimate of drug-likeness (QED) is 0.743. The van der Waals surface area contributed by atoms with Crippen LogP contribution in [0, 0.1) is 34.5 Å². The van der Waals surface area contributed by atoms with Crippen LogP contribution in [0.4, 0.5) is 0 Å². The molecule has 23 heavy (non-hydrogen) atoms. The third kappa shape index (κ3) is 1.95. The number of aliphatic hydroxyl groups is 1. The number of piperidine rings is 1. The highest BCUT2D eigenvalue weighted by Gasteiger charge is 2.62. The Morgan fingerprint density at radius 2 is 1.78 bits per heavy atom. The largest absolute Gasteiger partial charge is 0.393 e. The van der Waals surface area contributed by atoms with E-state index in [1.165, 1.54) is 25.7 Å². The number of carbonyl (C=O) groups excluding carboxylic acids is 1. The first-order valence-corrected chi connectivity index (χ1v) is 9.73. The van der Waals surface area contributed by atoms with Gasteiger partial charge in [0.25, 0.3) is 0 Å². The van der Waals surface area contributed by atoms with Gasteiger partial charge in [0.2, 0.25) is 5.91 Å². The second-order valence-electron chi connectivity index (χ2n) is 9.64. The zero-order valence-electron chi connectivity index (χ0n) is 15.2. The molecule has 4 fully saturated rings. The van der Waals surface area contributed by atoms with Gasteiger partial charge in [-0.1, -0.05) is 20.8 Å². The predicted molar refractivity (Wildman–Crippen MR) is 90.7 cm³/mol. The first-order chi connectivity index (χ1) is 10.8. The molecule has 0 bridgehead atoms. The summed E-state index contributed by atoms with van der Waals surface area (Å²) in [5, 5.41) is 11.1.